The molecule has 0 bridgehead atoms. The van der Waals surface area contributed by atoms with Gasteiger partial charge in [0.05, 0.1) is 12.2 Å². The van der Waals surface area contributed by atoms with E-state index in [1.54, 1.807) is 43.3 Å². The van der Waals surface area contributed by atoms with Crippen molar-refractivity contribution < 1.29 is 8.78 Å². The number of nitrogens with one attached hydrogen (secondary N) is 2. The summed E-state index contributed by atoms with van der Waals surface area (Å²) in [6.07, 6.45) is 0. The minimum absolute atomic E-state index is 0. The molecule has 2 N–H and O–H groups in total. The van der Waals surface area contributed by atoms with Gasteiger partial charge in [-0.3, -0.25) is 0 Å². The standard InChI is InChI=1S/C19H24F2N4.HI/c1-4-22-19(24-13-15-7-5-6-8-16(15)20)23-12-14-9-10-18(25(2)3)17(21)11-14;/h5-11H,4,12-13H2,1-3H3,(H2,22,23,24);1H. The second-order valence-electron chi connectivity index (χ2n) is 5.82. The van der Waals surface area contributed by atoms with Gasteiger partial charge < -0.3 is 15.5 Å². The molecule has 0 fully saturated rings. The average molecular weight is 474 g/mol. The van der Waals surface area contributed by atoms with Crippen molar-refractivity contribution in [2.75, 3.05) is 25.5 Å². The Hall–Kier alpha value is -1.90. The quantitative estimate of drug-likeness (QED) is 0.379. The summed E-state index contributed by atoms with van der Waals surface area (Å²) in [5.74, 6) is 0.0251. The van der Waals surface area contributed by atoms with E-state index in [4.69, 9.17) is 0 Å². The molecular weight excluding hydrogens is 449 g/mol. The summed E-state index contributed by atoms with van der Waals surface area (Å²) in [6, 6.07) is 11.7. The predicted molar refractivity (Wildman–Crippen MR) is 114 cm³/mol. The second-order valence-corrected chi connectivity index (χ2v) is 5.82. The lowest BCUT2D eigenvalue weighted by Crippen LogP contribution is -2.37. The Bertz CT molecular complexity index is 735. The minimum Gasteiger partial charge on any atom is -0.375 e. The Labute approximate surface area is 170 Å². The fraction of sp³-hybridized carbons (Fsp3) is 0.316. The number of aliphatic imine (C=N–C) groups is 1. The van der Waals surface area contributed by atoms with Crippen LogP contribution < -0.4 is 15.5 Å². The number of hydrogen-bond donors (Lipinski definition) is 2. The summed E-state index contributed by atoms with van der Waals surface area (Å²) >= 11 is 0. The highest BCUT2D eigenvalue weighted by Crippen LogP contribution is 2.18. The highest BCUT2D eigenvalue weighted by molar-refractivity contribution is 14.0. The molecular formula is C19H25F2IN4. The van der Waals surface area contributed by atoms with Crippen LogP contribution in [-0.2, 0) is 13.1 Å². The van der Waals surface area contributed by atoms with Gasteiger partial charge in [-0.15, -0.1) is 24.0 Å². The van der Waals surface area contributed by atoms with Crippen LogP contribution in [0.1, 0.15) is 18.1 Å². The van der Waals surface area contributed by atoms with Gasteiger partial charge in [-0.25, -0.2) is 13.8 Å². The summed E-state index contributed by atoms with van der Waals surface area (Å²) < 4.78 is 27.7. The Morgan fingerprint density at radius 2 is 1.77 bits per heavy atom. The van der Waals surface area contributed by atoms with Crippen LogP contribution in [0.4, 0.5) is 14.5 Å². The normalized spacial score (nSPS) is 10.9. The molecule has 26 heavy (non-hydrogen) atoms. The summed E-state index contributed by atoms with van der Waals surface area (Å²) in [7, 11) is 3.60. The van der Waals surface area contributed by atoms with E-state index < -0.39 is 0 Å². The molecule has 0 atom stereocenters. The molecule has 0 radical (unpaired) electrons. The summed E-state index contributed by atoms with van der Waals surface area (Å²) in [6.45, 7) is 3.28. The zero-order chi connectivity index (χ0) is 18.2. The van der Waals surface area contributed by atoms with Crippen molar-refractivity contribution in [3.05, 3.63) is 65.2 Å². The molecule has 0 saturated heterocycles. The first-order chi connectivity index (χ1) is 12.0. The smallest absolute Gasteiger partial charge is 0.191 e. The molecule has 0 heterocycles. The Morgan fingerprint density at radius 3 is 2.38 bits per heavy atom. The number of benzene rings is 2. The zero-order valence-electron chi connectivity index (χ0n) is 15.2. The maximum atomic E-state index is 14.0. The van der Waals surface area contributed by atoms with E-state index in [1.807, 2.05) is 13.0 Å². The van der Waals surface area contributed by atoms with E-state index in [2.05, 4.69) is 15.6 Å². The van der Waals surface area contributed by atoms with E-state index in [0.717, 1.165) is 5.56 Å². The lowest BCUT2D eigenvalue weighted by molar-refractivity contribution is 0.604. The molecule has 0 spiro atoms. The molecule has 2 aromatic rings. The summed E-state index contributed by atoms with van der Waals surface area (Å²) in [5, 5.41) is 6.19. The third-order valence-corrected chi connectivity index (χ3v) is 3.66. The van der Waals surface area contributed by atoms with E-state index in [1.165, 1.54) is 12.1 Å². The Morgan fingerprint density at radius 1 is 1.04 bits per heavy atom. The molecule has 4 nitrogen and oxygen atoms in total. The van der Waals surface area contributed by atoms with Crippen LogP contribution in [0.5, 0.6) is 0 Å². The van der Waals surface area contributed by atoms with E-state index >= 15 is 0 Å². The molecule has 0 aromatic heterocycles. The van der Waals surface area contributed by atoms with Crippen molar-refractivity contribution in [1.82, 2.24) is 10.6 Å². The average Bonchev–Trinajstić information content (AvgIpc) is 2.58. The molecule has 2 rings (SSSR count). The first-order valence-corrected chi connectivity index (χ1v) is 8.22. The van der Waals surface area contributed by atoms with Crippen molar-refractivity contribution in [2.45, 2.75) is 20.0 Å². The molecule has 142 valence electrons. The molecule has 0 aliphatic rings. The van der Waals surface area contributed by atoms with Gasteiger partial charge in [-0.2, -0.15) is 0 Å². The van der Waals surface area contributed by atoms with Crippen molar-refractivity contribution in [2.24, 2.45) is 4.99 Å². The number of anilines is 1. The number of halogens is 3. The fourth-order valence-corrected chi connectivity index (χ4v) is 2.34. The van der Waals surface area contributed by atoms with Crippen molar-refractivity contribution in [3.8, 4) is 0 Å². The molecule has 2 aromatic carbocycles. The fourth-order valence-electron chi connectivity index (χ4n) is 2.34. The van der Waals surface area contributed by atoms with Gasteiger partial charge in [0.15, 0.2) is 5.96 Å². The maximum Gasteiger partial charge on any atom is 0.191 e. The number of nitrogens with zero attached hydrogens (tertiary/aromatic N) is 2. The van der Waals surface area contributed by atoms with Gasteiger partial charge in [0.25, 0.3) is 0 Å². The van der Waals surface area contributed by atoms with Gasteiger partial charge in [-0.1, -0.05) is 24.3 Å². The third kappa shape index (κ3) is 6.44. The van der Waals surface area contributed by atoms with E-state index in [9.17, 15) is 8.78 Å². The minimum atomic E-state index is -0.276. The highest BCUT2D eigenvalue weighted by atomic mass is 127. The van der Waals surface area contributed by atoms with Crippen LogP contribution in [0.15, 0.2) is 47.5 Å². The predicted octanol–water partition coefficient (Wildman–Crippen LogP) is 3.90. The van der Waals surface area contributed by atoms with Crippen molar-refractivity contribution in [3.63, 3.8) is 0 Å². The maximum absolute atomic E-state index is 14.0. The summed E-state index contributed by atoms with van der Waals surface area (Å²) in [4.78, 5) is 6.16. The molecule has 0 unspecified atom stereocenters. The number of guanidine groups is 1. The SMILES string of the molecule is CCNC(=NCc1ccc(N(C)C)c(F)c1)NCc1ccccc1F.I. The van der Waals surface area contributed by atoms with E-state index in [0.29, 0.717) is 36.8 Å². The first kappa shape index (κ1) is 22.1. The van der Waals surface area contributed by atoms with Gasteiger partial charge in [-0.05, 0) is 30.7 Å². The van der Waals surface area contributed by atoms with Gasteiger partial charge in [0.2, 0.25) is 0 Å². The van der Waals surface area contributed by atoms with Gasteiger partial charge in [0, 0.05) is 32.7 Å². The lowest BCUT2D eigenvalue weighted by atomic mass is 10.2. The van der Waals surface area contributed by atoms with Crippen LogP contribution in [-0.4, -0.2) is 26.6 Å². The molecule has 0 aliphatic heterocycles. The van der Waals surface area contributed by atoms with Crippen LogP contribution in [0.25, 0.3) is 0 Å². The molecule has 7 heteroatoms. The van der Waals surface area contributed by atoms with E-state index in [-0.39, 0.29) is 35.6 Å². The first-order valence-electron chi connectivity index (χ1n) is 8.22. The third-order valence-electron chi connectivity index (χ3n) is 3.66. The Balaban J connectivity index is 0.00000338. The largest absolute Gasteiger partial charge is 0.375 e. The van der Waals surface area contributed by atoms with Crippen LogP contribution >= 0.6 is 24.0 Å². The Kier molecular flexibility index (Phi) is 9.32. The lowest BCUT2D eigenvalue weighted by Gasteiger charge is -2.14. The number of rotatable bonds is 6. The zero-order valence-corrected chi connectivity index (χ0v) is 17.6. The monoisotopic (exact) mass is 474 g/mol. The van der Waals surface area contributed by atoms with Gasteiger partial charge >= 0.3 is 0 Å². The van der Waals surface area contributed by atoms with Crippen LogP contribution in [0.2, 0.25) is 0 Å². The topological polar surface area (TPSA) is 39.7 Å². The van der Waals surface area contributed by atoms with Crippen LogP contribution in [0, 0.1) is 11.6 Å². The van der Waals surface area contributed by atoms with Crippen molar-refractivity contribution >= 4 is 35.6 Å². The van der Waals surface area contributed by atoms with Crippen molar-refractivity contribution in [1.29, 1.82) is 0 Å². The van der Waals surface area contributed by atoms with Gasteiger partial charge in [0.1, 0.15) is 11.6 Å². The molecule has 0 saturated carbocycles. The molecule has 0 aliphatic carbocycles. The second kappa shape index (κ2) is 10.9. The number of hydrogen-bond acceptors (Lipinski definition) is 2. The summed E-state index contributed by atoms with van der Waals surface area (Å²) in [5.41, 5.74) is 1.87. The molecule has 0 amide bonds. The highest BCUT2D eigenvalue weighted by Gasteiger charge is 2.06. The van der Waals surface area contributed by atoms with Crippen LogP contribution in [0.3, 0.4) is 0 Å².